The number of benzene rings is 3. The van der Waals surface area contributed by atoms with E-state index in [0.29, 0.717) is 0 Å². The van der Waals surface area contributed by atoms with Crippen LogP contribution in [0.25, 0.3) is 10.9 Å². The quantitative estimate of drug-likeness (QED) is 0.487. The molecule has 30 heavy (non-hydrogen) atoms. The van der Waals surface area contributed by atoms with E-state index >= 15 is 0 Å². The van der Waals surface area contributed by atoms with Crippen LogP contribution in [0.2, 0.25) is 0 Å². The number of nitrogens with one attached hydrogen (secondary N) is 2. The summed E-state index contributed by atoms with van der Waals surface area (Å²) in [4.78, 5) is 3.60. The van der Waals surface area contributed by atoms with E-state index in [1.807, 2.05) is 6.07 Å². The van der Waals surface area contributed by atoms with Crippen LogP contribution in [0.1, 0.15) is 28.4 Å². The second-order valence-corrected chi connectivity index (χ2v) is 7.49. The average Bonchev–Trinajstić information content (AvgIpc) is 3.17. The van der Waals surface area contributed by atoms with Gasteiger partial charge in [-0.2, -0.15) is 0 Å². The maximum Gasteiger partial charge on any atom is 0.165 e. The van der Waals surface area contributed by atoms with Crippen molar-refractivity contribution in [3.05, 3.63) is 94.9 Å². The first kappa shape index (κ1) is 18.7. The van der Waals surface area contributed by atoms with Crippen molar-refractivity contribution in [1.29, 1.82) is 0 Å². The number of para-hydroxylation sites is 2. The maximum atomic E-state index is 13.9. The number of aromatic nitrogens is 1. The topological polar surface area (TPSA) is 46.3 Å². The van der Waals surface area contributed by atoms with Crippen LogP contribution in [0.5, 0.6) is 11.5 Å². The molecule has 1 aliphatic heterocycles. The number of aromatic amines is 1. The number of methoxy groups -OCH3 is 1. The summed E-state index contributed by atoms with van der Waals surface area (Å²) in [6, 6.07) is 21.0. The first-order valence-electron chi connectivity index (χ1n) is 10.1. The molecule has 1 aromatic heterocycles. The second-order valence-electron chi connectivity index (χ2n) is 7.49. The van der Waals surface area contributed by atoms with E-state index in [1.165, 1.54) is 22.7 Å². The van der Waals surface area contributed by atoms with Crippen LogP contribution >= 0.6 is 0 Å². The second kappa shape index (κ2) is 7.84. The Bertz CT molecular complexity index is 1200. The highest BCUT2D eigenvalue weighted by molar-refractivity contribution is 5.85. The highest BCUT2D eigenvalue weighted by atomic mass is 19.1. The lowest BCUT2D eigenvalue weighted by atomic mass is 9.93. The van der Waals surface area contributed by atoms with Crippen molar-refractivity contribution in [1.82, 2.24) is 10.3 Å². The lowest BCUT2D eigenvalue weighted by Crippen LogP contribution is -2.30. The summed E-state index contributed by atoms with van der Waals surface area (Å²) in [5.74, 6) is 0.589. The highest BCUT2D eigenvalue weighted by Gasteiger charge is 2.25. The number of ether oxygens (including phenoxy) is 2. The van der Waals surface area contributed by atoms with Gasteiger partial charge in [-0.15, -0.1) is 0 Å². The Labute approximate surface area is 174 Å². The molecule has 0 amide bonds. The molecule has 2 heterocycles. The van der Waals surface area contributed by atoms with Gasteiger partial charge in [0.05, 0.1) is 13.2 Å². The number of hydrogen-bond donors (Lipinski definition) is 2. The highest BCUT2D eigenvalue weighted by Crippen LogP contribution is 2.35. The van der Waals surface area contributed by atoms with Crippen LogP contribution in [-0.4, -0.2) is 18.6 Å². The van der Waals surface area contributed by atoms with Crippen molar-refractivity contribution >= 4 is 10.9 Å². The van der Waals surface area contributed by atoms with Gasteiger partial charge in [0.2, 0.25) is 0 Å². The zero-order chi connectivity index (χ0) is 20.5. The van der Waals surface area contributed by atoms with E-state index in [-0.39, 0.29) is 24.2 Å². The van der Waals surface area contributed by atoms with E-state index in [4.69, 9.17) is 9.47 Å². The molecule has 4 aromatic rings. The molecule has 152 valence electrons. The molecule has 0 bridgehead atoms. The van der Waals surface area contributed by atoms with Crippen molar-refractivity contribution in [2.24, 2.45) is 0 Å². The zero-order valence-electron chi connectivity index (χ0n) is 16.7. The van der Waals surface area contributed by atoms with Gasteiger partial charge in [0.1, 0.15) is 12.4 Å². The summed E-state index contributed by atoms with van der Waals surface area (Å²) in [5.41, 5.74) is 5.73. The van der Waals surface area contributed by atoms with Gasteiger partial charge in [0.25, 0.3) is 0 Å². The summed E-state index contributed by atoms with van der Waals surface area (Å²) in [7, 11) is 1.64. The number of hydrogen-bond acceptors (Lipinski definition) is 3. The summed E-state index contributed by atoms with van der Waals surface area (Å²) in [6.07, 6.45) is 0.995. The standard InChI is InChI=1S/C25H23FN2O2/c1-29-22-11-10-16(14-17(22)15-30-23-9-5-3-7-20(23)26)24-25-19(12-13-27-24)18-6-2-4-8-21(18)28-25/h2-11,14,24,27-28H,12-13,15H2,1H3. The van der Waals surface area contributed by atoms with E-state index in [1.54, 1.807) is 25.3 Å². The largest absolute Gasteiger partial charge is 0.496 e. The summed E-state index contributed by atoms with van der Waals surface area (Å²) >= 11 is 0. The van der Waals surface area contributed by atoms with E-state index < -0.39 is 0 Å². The summed E-state index contributed by atoms with van der Waals surface area (Å²) in [6.45, 7) is 1.14. The minimum atomic E-state index is -0.371. The van der Waals surface area contributed by atoms with Crippen molar-refractivity contribution in [3.8, 4) is 11.5 Å². The fourth-order valence-electron chi connectivity index (χ4n) is 4.27. The third-order valence-electron chi connectivity index (χ3n) is 5.72. The van der Waals surface area contributed by atoms with E-state index in [2.05, 4.69) is 46.7 Å². The van der Waals surface area contributed by atoms with Gasteiger partial charge in [-0.3, -0.25) is 0 Å². The van der Waals surface area contributed by atoms with Crippen LogP contribution in [0, 0.1) is 5.82 Å². The number of H-pyrrole nitrogens is 1. The molecule has 5 rings (SSSR count). The molecule has 0 fully saturated rings. The van der Waals surface area contributed by atoms with Crippen LogP contribution in [-0.2, 0) is 13.0 Å². The Morgan fingerprint density at radius 3 is 2.70 bits per heavy atom. The van der Waals surface area contributed by atoms with Gasteiger partial charge < -0.3 is 19.8 Å². The molecule has 0 radical (unpaired) electrons. The van der Waals surface area contributed by atoms with Gasteiger partial charge in [-0.1, -0.05) is 36.4 Å². The summed E-state index contributed by atoms with van der Waals surface area (Å²) < 4.78 is 25.2. The Morgan fingerprint density at radius 1 is 1.00 bits per heavy atom. The Balaban J connectivity index is 1.49. The maximum absolute atomic E-state index is 13.9. The molecule has 0 aliphatic carbocycles. The third-order valence-corrected chi connectivity index (χ3v) is 5.72. The van der Waals surface area contributed by atoms with Crippen LogP contribution in [0.15, 0.2) is 66.7 Å². The van der Waals surface area contributed by atoms with Crippen LogP contribution in [0.3, 0.4) is 0 Å². The smallest absolute Gasteiger partial charge is 0.165 e. The van der Waals surface area contributed by atoms with Crippen LogP contribution in [0.4, 0.5) is 4.39 Å². The van der Waals surface area contributed by atoms with Gasteiger partial charge in [0.15, 0.2) is 11.6 Å². The Morgan fingerprint density at radius 2 is 1.83 bits per heavy atom. The van der Waals surface area contributed by atoms with E-state index in [0.717, 1.165) is 35.4 Å². The molecule has 0 spiro atoms. The number of rotatable bonds is 5. The SMILES string of the molecule is COc1ccc(C2NCCc3c2[nH]c2ccccc32)cc1COc1ccccc1F. The van der Waals surface area contributed by atoms with Crippen molar-refractivity contribution < 1.29 is 13.9 Å². The van der Waals surface area contributed by atoms with Crippen LogP contribution < -0.4 is 14.8 Å². The molecule has 2 N–H and O–H groups in total. The Kier molecular flexibility index (Phi) is 4.89. The third kappa shape index (κ3) is 3.31. The lowest BCUT2D eigenvalue weighted by Gasteiger charge is -2.25. The first-order chi connectivity index (χ1) is 14.7. The minimum Gasteiger partial charge on any atom is -0.496 e. The van der Waals surface area contributed by atoms with Gasteiger partial charge in [-0.05, 0) is 47.9 Å². The van der Waals surface area contributed by atoms with Crippen molar-refractivity contribution in [2.45, 2.75) is 19.1 Å². The molecule has 0 saturated heterocycles. The van der Waals surface area contributed by atoms with Gasteiger partial charge in [0, 0.05) is 28.7 Å². The molecule has 1 atom stereocenters. The average molecular weight is 402 g/mol. The van der Waals surface area contributed by atoms with Gasteiger partial charge >= 0.3 is 0 Å². The molecular weight excluding hydrogens is 379 g/mol. The van der Waals surface area contributed by atoms with Gasteiger partial charge in [-0.25, -0.2) is 4.39 Å². The molecule has 1 unspecified atom stereocenters. The van der Waals surface area contributed by atoms with Crippen molar-refractivity contribution in [2.75, 3.05) is 13.7 Å². The zero-order valence-corrected chi connectivity index (χ0v) is 16.7. The Hall–Kier alpha value is -3.31. The fraction of sp³-hybridized carbons (Fsp3) is 0.200. The number of halogens is 1. The normalized spacial score (nSPS) is 15.7. The molecular formula is C25H23FN2O2. The molecule has 4 nitrogen and oxygen atoms in total. The minimum absolute atomic E-state index is 0.0549. The predicted molar refractivity (Wildman–Crippen MR) is 116 cm³/mol. The lowest BCUT2D eigenvalue weighted by molar-refractivity contribution is 0.282. The summed E-state index contributed by atoms with van der Waals surface area (Å²) in [5, 5.41) is 4.91. The fourth-order valence-corrected chi connectivity index (χ4v) is 4.27. The first-order valence-corrected chi connectivity index (χ1v) is 10.1. The molecule has 3 aromatic carbocycles. The van der Waals surface area contributed by atoms with E-state index in [9.17, 15) is 4.39 Å². The monoisotopic (exact) mass is 402 g/mol. The molecule has 1 aliphatic rings. The molecule has 0 saturated carbocycles. The van der Waals surface area contributed by atoms with Crippen molar-refractivity contribution in [3.63, 3.8) is 0 Å². The number of fused-ring (bicyclic) bond motifs is 3. The predicted octanol–water partition coefficient (Wildman–Crippen LogP) is 5.13. The molecule has 5 heteroatoms.